The number of phenols is 1. The molecule has 0 atom stereocenters. The first-order valence-electron chi connectivity index (χ1n) is 9.25. The zero-order valence-corrected chi connectivity index (χ0v) is 17.8. The quantitative estimate of drug-likeness (QED) is 0.510. The topological polar surface area (TPSA) is 70.3 Å². The van der Waals surface area contributed by atoms with E-state index in [4.69, 9.17) is 33.2 Å². The van der Waals surface area contributed by atoms with Crippen molar-refractivity contribution >= 4 is 29.0 Å². The first-order chi connectivity index (χ1) is 14.4. The molecule has 0 amide bonds. The number of hydrogen-bond acceptors (Lipinski definition) is 4. The van der Waals surface area contributed by atoms with Gasteiger partial charge >= 0.3 is 0 Å². The van der Waals surface area contributed by atoms with Crippen molar-refractivity contribution in [3.05, 3.63) is 92.5 Å². The van der Waals surface area contributed by atoms with Gasteiger partial charge in [-0.3, -0.25) is 4.79 Å². The van der Waals surface area contributed by atoms with E-state index in [2.05, 4.69) is 6.07 Å². The minimum atomic E-state index is -0.0924. The highest BCUT2D eigenvalue weighted by Gasteiger charge is 2.12. The first-order valence-corrected chi connectivity index (χ1v) is 10.0. The molecule has 6 heteroatoms. The largest absolute Gasteiger partial charge is 0.508 e. The van der Waals surface area contributed by atoms with Gasteiger partial charge in [-0.2, -0.15) is 5.26 Å². The number of carbonyl (C=O) groups is 1. The molecular weight excluding hydrogens is 421 g/mol. The van der Waals surface area contributed by atoms with Crippen LogP contribution in [-0.4, -0.2) is 17.5 Å². The van der Waals surface area contributed by atoms with Gasteiger partial charge in [-0.25, -0.2) is 0 Å². The minimum Gasteiger partial charge on any atom is -0.508 e. The van der Waals surface area contributed by atoms with E-state index in [9.17, 15) is 9.90 Å². The molecule has 0 saturated heterocycles. The van der Waals surface area contributed by atoms with E-state index < -0.39 is 0 Å². The summed E-state index contributed by atoms with van der Waals surface area (Å²) in [4.78, 5) is 11.1. The molecule has 0 spiro atoms. The van der Waals surface area contributed by atoms with Crippen molar-refractivity contribution in [2.75, 3.05) is 6.61 Å². The highest BCUT2D eigenvalue weighted by atomic mass is 35.5. The average molecular weight is 440 g/mol. The molecule has 30 heavy (non-hydrogen) atoms. The molecule has 3 aromatic carbocycles. The van der Waals surface area contributed by atoms with Crippen LogP contribution in [0.5, 0.6) is 11.5 Å². The van der Waals surface area contributed by atoms with Gasteiger partial charge in [0.15, 0.2) is 5.78 Å². The highest BCUT2D eigenvalue weighted by Crippen LogP contribution is 2.33. The first kappa shape index (κ1) is 21.7. The van der Waals surface area contributed by atoms with E-state index >= 15 is 0 Å². The summed E-state index contributed by atoms with van der Waals surface area (Å²) in [6.07, 6.45) is 1.01. The summed E-state index contributed by atoms with van der Waals surface area (Å²) >= 11 is 12.8. The van der Waals surface area contributed by atoms with Gasteiger partial charge in [0.05, 0.1) is 11.6 Å². The maximum absolute atomic E-state index is 11.1. The van der Waals surface area contributed by atoms with Gasteiger partial charge in [-0.05, 0) is 59.5 Å². The number of carbonyl (C=O) groups excluding carboxylic acids is 1. The summed E-state index contributed by atoms with van der Waals surface area (Å²) < 4.78 is 5.38. The van der Waals surface area contributed by atoms with Crippen LogP contribution in [0.3, 0.4) is 0 Å². The third-order valence-electron chi connectivity index (χ3n) is 4.56. The fourth-order valence-corrected chi connectivity index (χ4v) is 3.63. The molecule has 0 aliphatic heterocycles. The monoisotopic (exact) mass is 439 g/mol. The number of ether oxygens (including phenoxy) is 1. The number of phenolic OH excluding ortho intramolecular Hbond substituents is 1. The molecule has 1 N–H and O–H groups in total. The maximum atomic E-state index is 11.1. The van der Waals surface area contributed by atoms with Crippen molar-refractivity contribution in [2.45, 2.75) is 19.8 Å². The van der Waals surface area contributed by atoms with Crippen LogP contribution in [-0.2, 0) is 17.6 Å². The number of hydrogen-bond donors (Lipinski definition) is 1. The molecule has 0 aliphatic rings. The molecule has 0 saturated carbocycles. The Bertz CT molecular complexity index is 1100. The molecule has 0 unspecified atom stereocenters. The molecule has 0 aromatic heterocycles. The van der Waals surface area contributed by atoms with Gasteiger partial charge in [0, 0.05) is 22.9 Å². The Labute approximate surface area is 185 Å². The minimum absolute atomic E-state index is 0.0390. The summed E-state index contributed by atoms with van der Waals surface area (Å²) in [5.74, 6) is 0.551. The maximum Gasteiger partial charge on any atom is 0.167 e. The molecule has 4 nitrogen and oxygen atoms in total. The van der Waals surface area contributed by atoms with E-state index in [-0.39, 0.29) is 18.1 Å². The van der Waals surface area contributed by atoms with Gasteiger partial charge in [0.25, 0.3) is 0 Å². The molecule has 0 bridgehead atoms. The fourth-order valence-electron chi connectivity index (χ4n) is 3.03. The second kappa shape index (κ2) is 9.67. The molecule has 0 fully saturated rings. The Morgan fingerprint density at radius 1 is 1.00 bits per heavy atom. The van der Waals surface area contributed by atoms with Crippen LogP contribution >= 0.6 is 23.2 Å². The Hall–Kier alpha value is -3.00. The molecule has 3 aromatic rings. The SMILES string of the molecule is CC(=O)COc1cc(Cl)c(Cc2ccc(O)c(Cc3ccc(C#N)cc3)c2)c(Cl)c1. The van der Waals surface area contributed by atoms with E-state index in [1.54, 1.807) is 30.3 Å². The van der Waals surface area contributed by atoms with Crippen LogP contribution in [0, 0.1) is 11.3 Å². The van der Waals surface area contributed by atoms with E-state index in [1.807, 2.05) is 24.3 Å². The summed E-state index contributed by atoms with van der Waals surface area (Å²) in [5, 5.41) is 20.1. The van der Waals surface area contributed by atoms with Crippen molar-refractivity contribution in [3.8, 4) is 17.6 Å². The number of Topliss-reactive ketones (excluding diaryl/α,β-unsaturated/α-hetero) is 1. The number of aromatic hydroxyl groups is 1. The van der Waals surface area contributed by atoms with Gasteiger partial charge in [-0.15, -0.1) is 0 Å². The lowest BCUT2D eigenvalue weighted by Crippen LogP contribution is -2.06. The zero-order chi connectivity index (χ0) is 21.7. The predicted octanol–water partition coefficient (Wildman–Crippen LogP) is 5.72. The fraction of sp³-hybridized carbons (Fsp3) is 0.167. The van der Waals surface area contributed by atoms with Crippen molar-refractivity contribution in [3.63, 3.8) is 0 Å². The molecule has 0 aliphatic carbocycles. The number of halogens is 2. The smallest absolute Gasteiger partial charge is 0.167 e. The van der Waals surface area contributed by atoms with Crippen LogP contribution in [0.15, 0.2) is 54.6 Å². The van der Waals surface area contributed by atoms with Crippen LogP contribution in [0.1, 0.15) is 34.7 Å². The number of benzene rings is 3. The van der Waals surface area contributed by atoms with Gasteiger partial charge in [-0.1, -0.05) is 47.5 Å². The summed E-state index contributed by atoms with van der Waals surface area (Å²) in [7, 11) is 0. The Balaban J connectivity index is 1.81. The zero-order valence-electron chi connectivity index (χ0n) is 16.3. The van der Waals surface area contributed by atoms with Crippen LogP contribution in [0.4, 0.5) is 0 Å². The molecule has 0 radical (unpaired) electrons. The molecular formula is C24H19Cl2NO3. The van der Waals surface area contributed by atoms with Crippen LogP contribution in [0.2, 0.25) is 10.0 Å². The van der Waals surface area contributed by atoms with E-state index in [0.29, 0.717) is 34.2 Å². The summed E-state index contributed by atoms with van der Waals surface area (Å²) in [6.45, 7) is 1.40. The second-order valence-corrected chi connectivity index (χ2v) is 7.80. The predicted molar refractivity (Wildman–Crippen MR) is 118 cm³/mol. The van der Waals surface area contributed by atoms with Crippen molar-refractivity contribution in [1.29, 1.82) is 5.26 Å². The normalized spacial score (nSPS) is 10.5. The summed E-state index contributed by atoms with van der Waals surface area (Å²) in [6, 6.07) is 18.0. The van der Waals surface area contributed by atoms with Crippen molar-refractivity contribution < 1.29 is 14.6 Å². The Kier molecular flexibility index (Phi) is 6.99. The lowest BCUT2D eigenvalue weighted by molar-refractivity contribution is -0.118. The standard InChI is InChI=1S/C24H19Cl2NO3/c1-15(28)14-30-20-11-22(25)21(23(26)12-20)10-18-6-7-24(29)19(9-18)8-16-2-4-17(13-27)5-3-16/h2-7,9,11-12,29H,8,10,14H2,1H3. The average Bonchev–Trinajstić information content (AvgIpc) is 2.72. The van der Waals surface area contributed by atoms with Gasteiger partial charge < -0.3 is 9.84 Å². The van der Waals surface area contributed by atoms with E-state index in [0.717, 1.165) is 22.3 Å². The highest BCUT2D eigenvalue weighted by molar-refractivity contribution is 6.36. The summed E-state index contributed by atoms with van der Waals surface area (Å²) in [5.41, 5.74) is 4.04. The van der Waals surface area contributed by atoms with Crippen molar-refractivity contribution in [1.82, 2.24) is 0 Å². The van der Waals surface area contributed by atoms with Gasteiger partial charge in [0.2, 0.25) is 0 Å². The molecule has 0 heterocycles. The van der Waals surface area contributed by atoms with Crippen LogP contribution < -0.4 is 4.74 Å². The molecule has 3 rings (SSSR count). The Morgan fingerprint density at radius 2 is 1.63 bits per heavy atom. The Morgan fingerprint density at radius 3 is 2.23 bits per heavy atom. The van der Waals surface area contributed by atoms with Crippen molar-refractivity contribution in [2.24, 2.45) is 0 Å². The van der Waals surface area contributed by atoms with Crippen LogP contribution in [0.25, 0.3) is 0 Å². The molecule has 152 valence electrons. The lowest BCUT2D eigenvalue weighted by atomic mass is 9.98. The van der Waals surface area contributed by atoms with E-state index in [1.165, 1.54) is 6.92 Å². The second-order valence-electron chi connectivity index (χ2n) is 6.98. The number of nitrogens with zero attached hydrogens (tertiary/aromatic N) is 1. The lowest BCUT2D eigenvalue weighted by Gasteiger charge is -2.12. The number of ketones is 1. The number of rotatable bonds is 7. The third kappa shape index (κ3) is 5.54. The van der Waals surface area contributed by atoms with Gasteiger partial charge in [0.1, 0.15) is 18.1 Å². The number of nitriles is 1. The third-order valence-corrected chi connectivity index (χ3v) is 5.23.